The molecule has 2 N–H and O–H groups in total. The van der Waals surface area contributed by atoms with Crippen LogP contribution in [0, 0.1) is 11.8 Å². The van der Waals surface area contributed by atoms with Crippen molar-refractivity contribution in [2.75, 3.05) is 25.6 Å². The topological polar surface area (TPSA) is 46.3 Å². The zero-order chi connectivity index (χ0) is 15.0. The van der Waals surface area contributed by atoms with Crippen LogP contribution in [0.1, 0.15) is 29.3 Å². The first kappa shape index (κ1) is 16.6. The molecule has 108 valence electrons. The SMILES string of the molecule is CSCCC(C)N(C)C(=O)c1ccc(C#CCN)cc1. The molecule has 0 saturated heterocycles. The van der Waals surface area contributed by atoms with Gasteiger partial charge in [-0.2, -0.15) is 11.8 Å². The molecule has 0 fully saturated rings. The van der Waals surface area contributed by atoms with E-state index in [4.69, 9.17) is 5.73 Å². The monoisotopic (exact) mass is 290 g/mol. The standard InChI is InChI=1S/C16H22N2OS/c1-13(10-12-20-3)18(2)16(19)15-8-6-14(7-9-15)5-4-11-17/h6-9,13H,10-12,17H2,1-3H3. The fraction of sp³-hybridized carbons (Fsp3) is 0.438. The van der Waals surface area contributed by atoms with Gasteiger partial charge in [-0.3, -0.25) is 4.79 Å². The minimum Gasteiger partial charge on any atom is -0.339 e. The molecular weight excluding hydrogens is 268 g/mol. The van der Waals surface area contributed by atoms with E-state index in [1.54, 1.807) is 16.7 Å². The summed E-state index contributed by atoms with van der Waals surface area (Å²) >= 11 is 1.80. The van der Waals surface area contributed by atoms with Crippen LogP contribution in [-0.2, 0) is 0 Å². The van der Waals surface area contributed by atoms with Crippen molar-refractivity contribution < 1.29 is 4.79 Å². The van der Waals surface area contributed by atoms with Gasteiger partial charge in [0.1, 0.15) is 0 Å². The van der Waals surface area contributed by atoms with Crippen LogP contribution in [-0.4, -0.2) is 42.4 Å². The van der Waals surface area contributed by atoms with E-state index in [-0.39, 0.29) is 11.9 Å². The van der Waals surface area contributed by atoms with Gasteiger partial charge in [-0.25, -0.2) is 0 Å². The van der Waals surface area contributed by atoms with Crippen LogP contribution in [0.15, 0.2) is 24.3 Å². The van der Waals surface area contributed by atoms with Crippen LogP contribution in [0.4, 0.5) is 0 Å². The van der Waals surface area contributed by atoms with Crippen LogP contribution >= 0.6 is 11.8 Å². The van der Waals surface area contributed by atoms with Crippen LogP contribution in [0.2, 0.25) is 0 Å². The van der Waals surface area contributed by atoms with Crippen LogP contribution in [0.25, 0.3) is 0 Å². The number of carbonyl (C=O) groups is 1. The molecule has 0 spiro atoms. The maximum Gasteiger partial charge on any atom is 0.253 e. The summed E-state index contributed by atoms with van der Waals surface area (Å²) in [6.07, 6.45) is 3.08. The van der Waals surface area contributed by atoms with Crippen molar-refractivity contribution in [3.8, 4) is 11.8 Å². The first-order valence-electron chi connectivity index (χ1n) is 6.65. The van der Waals surface area contributed by atoms with Gasteiger partial charge < -0.3 is 10.6 Å². The molecule has 1 aromatic rings. The third-order valence-electron chi connectivity index (χ3n) is 3.19. The molecule has 4 heteroatoms. The minimum atomic E-state index is 0.0527. The second-order valence-electron chi connectivity index (χ2n) is 4.63. The first-order valence-corrected chi connectivity index (χ1v) is 8.04. The van der Waals surface area contributed by atoms with Crippen molar-refractivity contribution in [3.05, 3.63) is 35.4 Å². The molecule has 0 bridgehead atoms. The molecule has 1 unspecified atom stereocenters. The van der Waals surface area contributed by atoms with Gasteiger partial charge in [-0.05, 0) is 49.6 Å². The van der Waals surface area contributed by atoms with E-state index in [1.807, 2.05) is 31.3 Å². The lowest BCUT2D eigenvalue weighted by Crippen LogP contribution is -2.35. The van der Waals surface area contributed by atoms with Crippen molar-refractivity contribution in [3.63, 3.8) is 0 Å². The lowest BCUT2D eigenvalue weighted by atomic mass is 10.1. The summed E-state index contributed by atoms with van der Waals surface area (Å²) in [6, 6.07) is 7.60. The maximum absolute atomic E-state index is 12.3. The van der Waals surface area contributed by atoms with Gasteiger partial charge >= 0.3 is 0 Å². The average Bonchev–Trinajstić information content (AvgIpc) is 2.49. The number of carbonyl (C=O) groups excluding carboxylic acids is 1. The summed E-state index contributed by atoms with van der Waals surface area (Å²) in [5.41, 5.74) is 6.91. The second kappa shape index (κ2) is 8.68. The van der Waals surface area contributed by atoms with Gasteiger partial charge in [0.25, 0.3) is 5.91 Å². The highest BCUT2D eigenvalue weighted by atomic mass is 32.2. The number of rotatable bonds is 5. The zero-order valence-electron chi connectivity index (χ0n) is 12.3. The van der Waals surface area contributed by atoms with Crippen molar-refractivity contribution in [2.45, 2.75) is 19.4 Å². The molecule has 0 aliphatic carbocycles. The Hall–Kier alpha value is -1.44. The third-order valence-corrected chi connectivity index (χ3v) is 3.83. The number of benzene rings is 1. The maximum atomic E-state index is 12.3. The molecule has 0 aliphatic rings. The molecule has 3 nitrogen and oxygen atoms in total. The molecule has 0 saturated carbocycles. The Bertz CT molecular complexity index is 487. The van der Waals surface area contributed by atoms with Crippen LogP contribution in [0.5, 0.6) is 0 Å². The Labute approximate surface area is 125 Å². The number of nitrogens with zero attached hydrogens (tertiary/aromatic N) is 1. The van der Waals surface area contributed by atoms with Gasteiger partial charge in [-0.15, -0.1) is 0 Å². The summed E-state index contributed by atoms with van der Waals surface area (Å²) in [6.45, 7) is 2.42. The predicted octanol–water partition coefficient (Wildman–Crippen LogP) is 2.21. The van der Waals surface area contributed by atoms with E-state index < -0.39 is 0 Å². The second-order valence-corrected chi connectivity index (χ2v) is 5.62. The molecular formula is C16H22N2OS. The molecule has 1 amide bonds. The van der Waals surface area contributed by atoms with Crippen molar-refractivity contribution >= 4 is 17.7 Å². The number of amides is 1. The summed E-state index contributed by atoms with van der Waals surface area (Å²) in [5.74, 6) is 6.86. The summed E-state index contributed by atoms with van der Waals surface area (Å²) in [7, 11) is 1.86. The van der Waals surface area contributed by atoms with E-state index in [0.717, 1.165) is 17.7 Å². The minimum absolute atomic E-state index is 0.0527. The fourth-order valence-corrected chi connectivity index (χ4v) is 2.31. The summed E-state index contributed by atoms with van der Waals surface area (Å²) < 4.78 is 0. The molecule has 0 heterocycles. The highest BCUT2D eigenvalue weighted by Crippen LogP contribution is 2.11. The fourth-order valence-electron chi connectivity index (χ4n) is 1.74. The highest BCUT2D eigenvalue weighted by molar-refractivity contribution is 7.98. The summed E-state index contributed by atoms with van der Waals surface area (Å²) in [4.78, 5) is 14.1. The van der Waals surface area contributed by atoms with Crippen molar-refractivity contribution in [1.82, 2.24) is 4.90 Å². The first-order chi connectivity index (χ1) is 9.60. The Balaban J connectivity index is 2.71. The predicted molar refractivity (Wildman–Crippen MR) is 86.9 cm³/mol. The van der Waals surface area contributed by atoms with Gasteiger partial charge in [-0.1, -0.05) is 11.8 Å². The van der Waals surface area contributed by atoms with Crippen LogP contribution < -0.4 is 5.73 Å². The van der Waals surface area contributed by atoms with Gasteiger partial charge in [0.05, 0.1) is 6.54 Å². The third kappa shape index (κ3) is 4.92. The average molecular weight is 290 g/mol. The molecule has 0 radical (unpaired) electrons. The van der Waals surface area contributed by atoms with E-state index in [2.05, 4.69) is 25.0 Å². The van der Waals surface area contributed by atoms with E-state index in [0.29, 0.717) is 12.1 Å². The van der Waals surface area contributed by atoms with E-state index >= 15 is 0 Å². The number of hydrogen-bond donors (Lipinski definition) is 1. The van der Waals surface area contributed by atoms with Crippen molar-refractivity contribution in [2.24, 2.45) is 5.73 Å². The molecule has 20 heavy (non-hydrogen) atoms. The van der Waals surface area contributed by atoms with Gasteiger partial charge in [0, 0.05) is 24.2 Å². The Morgan fingerprint density at radius 2 is 2.05 bits per heavy atom. The number of hydrogen-bond acceptors (Lipinski definition) is 3. The Kier molecular flexibility index (Phi) is 7.21. The van der Waals surface area contributed by atoms with E-state index in [9.17, 15) is 4.79 Å². The molecule has 0 aromatic heterocycles. The highest BCUT2D eigenvalue weighted by Gasteiger charge is 2.16. The van der Waals surface area contributed by atoms with Gasteiger partial charge in [0.15, 0.2) is 0 Å². The Morgan fingerprint density at radius 3 is 2.60 bits per heavy atom. The van der Waals surface area contributed by atoms with E-state index in [1.165, 1.54) is 0 Å². The zero-order valence-corrected chi connectivity index (χ0v) is 13.2. The molecule has 0 aliphatic heterocycles. The van der Waals surface area contributed by atoms with Crippen LogP contribution in [0.3, 0.4) is 0 Å². The largest absolute Gasteiger partial charge is 0.339 e. The summed E-state index contributed by atoms with van der Waals surface area (Å²) in [5, 5.41) is 0. The number of nitrogens with two attached hydrogens (primary N) is 1. The number of thioether (sulfide) groups is 1. The molecule has 1 aromatic carbocycles. The lowest BCUT2D eigenvalue weighted by molar-refractivity contribution is 0.0741. The molecule has 1 atom stereocenters. The normalized spacial score (nSPS) is 11.4. The quantitative estimate of drug-likeness (QED) is 0.846. The van der Waals surface area contributed by atoms with Crippen molar-refractivity contribution in [1.29, 1.82) is 0 Å². The molecule has 1 rings (SSSR count). The Morgan fingerprint density at radius 1 is 1.40 bits per heavy atom. The van der Waals surface area contributed by atoms with Gasteiger partial charge in [0.2, 0.25) is 0 Å². The smallest absolute Gasteiger partial charge is 0.253 e. The lowest BCUT2D eigenvalue weighted by Gasteiger charge is -2.24.